The fraction of sp³-hybridized carbons (Fsp3) is 0.588. The van der Waals surface area contributed by atoms with Crippen LogP contribution in [0.3, 0.4) is 0 Å². The maximum Gasteiger partial charge on any atom is 0.330 e. The van der Waals surface area contributed by atoms with E-state index in [2.05, 4.69) is 19.2 Å². The predicted octanol–water partition coefficient (Wildman–Crippen LogP) is 5.30. The Balaban J connectivity index is 0.000000633. The Morgan fingerprint density at radius 1 is 1.20 bits per heavy atom. The number of nitrogens with zero attached hydrogens (tertiary/aromatic N) is 3. The summed E-state index contributed by atoms with van der Waals surface area (Å²) in [7, 11) is 4.61. The molecule has 0 aromatic heterocycles. The molecule has 4 rings (SSSR count). The Bertz CT molecular complexity index is 1230. The van der Waals surface area contributed by atoms with Crippen LogP contribution in [0, 0.1) is 5.92 Å². The minimum Gasteiger partial charge on any atom is -0.379 e. The summed E-state index contributed by atoms with van der Waals surface area (Å²) >= 11 is 0. The van der Waals surface area contributed by atoms with Crippen LogP contribution in [0.1, 0.15) is 68.1 Å². The van der Waals surface area contributed by atoms with Crippen molar-refractivity contribution < 1.29 is 34.5 Å². The molecule has 11 heteroatoms. The van der Waals surface area contributed by atoms with Crippen LogP contribution in [0.15, 0.2) is 59.1 Å². The van der Waals surface area contributed by atoms with E-state index in [1.54, 1.807) is 25.9 Å². The third-order valence-corrected chi connectivity index (χ3v) is 8.20. The molecule has 1 N–H and O–H groups in total. The van der Waals surface area contributed by atoms with Crippen LogP contribution in [-0.2, 0) is 23.9 Å². The molecule has 4 atom stereocenters. The maximum atomic E-state index is 13.2. The molecular weight excluding hydrogens is 579 g/mol. The predicted molar refractivity (Wildman–Crippen MR) is 175 cm³/mol. The fourth-order valence-corrected chi connectivity index (χ4v) is 5.05. The van der Waals surface area contributed by atoms with E-state index in [9.17, 15) is 23.6 Å². The first-order valence-electron chi connectivity index (χ1n) is 15.6. The van der Waals surface area contributed by atoms with E-state index in [0.717, 1.165) is 23.3 Å². The van der Waals surface area contributed by atoms with Crippen LogP contribution in [-0.4, -0.2) is 97.6 Å². The summed E-state index contributed by atoms with van der Waals surface area (Å²) in [5.41, 5.74) is 2.34. The topological polar surface area (TPSA) is 108 Å². The van der Waals surface area contributed by atoms with E-state index in [1.165, 1.54) is 37.1 Å². The molecule has 1 aliphatic heterocycles. The van der Waals surface area contributed by atoms with E-state index in [0.29, 0.717) is 25.1 Å². The van der Waals surface area contributed by atoms with E-state index in [1.807, 2.05) is 37.3 Å². The van der Waals surface area contributed by atoms with Gasteiger partial charge in [-0.3, -0.25) is 24.2 Å². The number of methoxy groups -OCH3 is 2. The number of nitrogens with one attached hydrogen (secondary N) is 1. The quantitative estimate of drug-likeness (QED) is 0.382. The second-order valence-electron chi connectivity index (χ2n) is 11.7. The number of halogens is 1. The van der Waals surface area contributed by atoms with Crippen molar-refractivity contribution in [2.45, 2.75) is 84.5 Å². The monoisotopic (exact) mass is 632 g/mol. The Labute approximate surface area is 269 Å². The van der Waals surface area contributed by atoms with Gasteiger partial charge in [0.05, 0.1) is 11.7 Å². The Morgan fingerprint density at radius 3 is 2.49 bits per heavy atom. The first-order chi connectivity index (χ1) is 21.4. The van der Waals surface area contributed by atoms with Gasteiger partial charge in [-0.05, 0) is 57.8 Å². The summed E-state index contributed by atoms with van der Waals surface area (Å²) in [6.45, 7) is 10.5. The van der Waals surface area contributed by atoms with Crippen molar-refractivity contribution in [2.24, 2.45) is 5.92 Å². The third-order valence-electron chi connectivity index (χ3n) is 8.20. The number of urea groups is 1. The zero-order valence-corrected chi connectivity index (χ0v) is 28.1. The molecule has 0 aromatic rings. The van der Waals surface area contributed by atoms with E-state index in [-0.39, 0.29) is 50.1 Å². The standard InChI is InChI=1S/C22H32N4O6.C9H11F.C3H8.H2/c1-15(31-3)19(23-14-27)20(29)25-9-5-6-18(28)24(2)21(30)26(11-10-25)17-7-8-22(32-4)13-16(22)12-17;1-7-3-5-8(2)9(10)6-4-7;1-3-2;/h7-8,12,14-16,19H,5-6,9-11,13H2,1-4H3,(H,23,27);4-6H,3H2,1-2H3;3H2,1-2H3;1H/t15?,16?,19-,22?;;;/m1.../s1. The molecule has 5 amide bonds. The lowest BCUT2D eigenvalue weighted by molar-refractivity contribution is -0.139. The van der Waals surface area contributed by atoms with Gasteiger partial charge in [0.15, 0.2) is 0 Å². The van der Waals surface area contributed by atoms with E-state index in [4.69, 9.17) is 9.47 Å². The van der Waals surface area contributed by atoms with Gasteiger partial charge in [-0.2, -0.15) is 0 Å². The summed E-state index contributed by atoms with van der Waals surface area (Å²) in [6, 6.07) is -1.29. The Kier molecular flexibility index (Phi) is 14.9. The van der Waals surface area contributed by atoms with Crippen molar-refractivity contribution in [3.8, 4) is 0 Å². The minimum atomic E-state index is -0.856. The van der Waals surface area contributed by atoms with Crippen LogP contribution < -0.4 is 5.32 Å². The molecule has 0 spiro atoms. The highest BCUT2D eigenvalue weighted by molar-refractivity contribution is 5.95. The van der Waals surface area contributed by atoms with Crippen LogP contribution in [0.25, 0.3) is 0 Å². The van der Waals surface area contributed by atoms with Gasteiger partial charge in [-0.1, -0.05) is 50.1 Å². The minimum absolute atomic E-state index is 0. The van der Waals surface area contributed by atoms with Crippen LogP contribution >= 0.6 is 0 Å². The molecule has 10 nitrogen and oxygen atoms in total. The smallest absolute Gasteiger partial charge is 0.330 e. The molecule has 1 saturated heterocycles. The van der Waals surface area contributed by atoms with Crippen molar-refractivity contribution >= 4 is 24.3 Å². The average Bonchev–Trinajstić information content (AvgIpc) is 3.79. The normalized spacial score (nSPS) is 24.5. The molecular formula is C34H53FN4O6. The van der Waals surface area contributed by atoms with Gasteiger partial charge in [-0.15, -0.1) is 0 Å². The highest BCUT2D eigenvalue weighted by atomic mass is 19.1. The van der Waals surface area contributed by atoms with Crippen molar-refractivity contribution in [3.05, 3.63) is 59.1 Å². The highest BCUT2D eigenvalue weighted by Crippen LogP contribution is 2.51. The second kappa shape index (κ2) is 17.8. The molecule has 4 aliphatic rings. The zero-order chi connectivity index (χ0) is 33.7. The summed E-state index contributed by atoms with van der Waals surface area (Å²) in [5.74, 6) is -0.552. The van der Waals surface area contributed by atoms with E-state index < -0.39 is 18.2 Å². The maximum absolute atomic E-state index is 13.2. The number of carbonyl (C=O) groups excluding carboxylic acids is 4. The first-order valence-corrected chi connectivity index (χ1v) is 15.6. The fourth-order valence-electron chi connectivity index (χ4n) is 5.05. The Morgan fingerprint density at radius 2 is 1.89 bits per heavy atom. The molecule has 2 fully saturated rings. The van der Waals surface area contributed by atoms with Gasteiger partial charge < -0.3 is 19.7 Å². The first kappa shape index (κ1) is 37.6. The number of hydrogen-bond donors (Lipinski definition) is 1. The number of amides is 5. The number of imide groups is 1. The van der Waals surface area contributed by atoms with Crippen LogP contribution in [0.2, 0.25) is 0 Å². The van der Waals surface area contributed by atoms with E-state index >= 15 is 0 Å². The van der Waals surface area contributed by atoms with Gasteiger partial charge in [-0.25, -0.2) is 9.18 Å². The van der Waals surface area contributed by atoms with Crippen LogP contribution in [0.5, 0.6) is 0 Å². The van der Waals surface area contributed by atoms with Crippen LogP contribution in [0.4, 0.5) is 9.18 Å². The zero-order valence-electron chi connectivity index (χ0n) is 28.1. The molecule has 3 aliphatic carbocycles. The summed E-state index contributed by atoms with van der Waals surface area (Å²) in [4.78, 5) is 54.2. The lowest BCUT2D eigenvalue weighted by atomic mass is 10.1. The number of rotatable bonds is 7. The second-order valence-corrected chi connectivity index (χ2v) is 11.7. The van der Waals surface area contributed by atoms with Gasteiger partial charge in [0.2, 0.25) is 18.2 Å². The summed E-state index contributed by atoms with van der Waals surface area (Å²) in [6.07, 6.45) is 14.5. The van der Waals surface area contributed by atoms with Gasteiger partial charge >= 0.3 is 6.03 Å². The van der Waals surface area contributed by atoms with Crippen molar-refractivity contribution in [2.75, 3.05) is 40.9 Å². The molecule has 1 heterocycles. The van der Waals surface area contributed by atoms with Gasteiger partial charge in [0, 0.05) is 60.4 Å². The number of ether oxygens (including phenoxy) is 2. The molecule has 252 valence electrons. The van der Waals surface area contributed by atoms with Gasteiger partial charge in [0.1, 0.15) is 11.9 Å². The molecule has 1 saturated carbocycles. The molecule has 3 unspecified atom stereocenters. The van der Waals surface area contributed by atoms with Gasteiger partial charge in [0.25, 0.3) is 0 Å². The molecule has 0 radical (unpaired) electrons. The molecule has 0 bridgehead atoms. The molecule has 0 aromatic carbocycles. The third kappa shape index (κ3) is 10.2. The van der Waals surface area contributed by atoms with Crippen molar-refractivity contribution in [1.82, 2.24) is 20.0 Å². The number of hydrogen-bond acceptors (Lipinski definition) is 6. The summed E-state index contributed by atoms with van der Waals surface area (Å²) < 4.78 is 23.6. The number of fused-ring (bicyclic) bond motifs is 1. The molecule has 45 heavy (non-hydrogen) atoms. The number of carbonyl (C=O) groups is 4. The average molecular weight is 633 g/mol. The SMILES string of the molecule is CC1=CC=C(F)C(C)=CC1.CCC.COC(C)[C@@H](NC=O)C(=O)N1CCCC(=O)N(C)C(=O)N(C2=CC3CC3(OC)C=C2)CC1.[HH]. The highest BCUT2D eigenvalue weighted by Gasteiger charge is 2.53. The summed E-state index contributed by atoms with van der Waals surface area (Å²) in [5, 5.41) is 2.53. The van der Waals surface area contributed by atoms with Crippen molar-refractivity contribution in [3.63, 3.8) is 0 Å². The van der Waals surface area contributed by atoms with Crippen molar-refractivity contribution in [1.29, 1.82) is 0 Å². The number of allylic oxidation sites excluding steroid dienone is 7. The lowest BCUT2D eigenvalue weighted by Gasteiger charge is -2.35. The largest absolute Gasteiger partial charge is 0.379 e. The lowest BCUT2D eigenvalue weighted by Crippen LogP contribution is -2.55. The Hall–Kier alpha value is -3.57.